The summed E-state index contributed by atoms with van der Waals surface area (Å²) in [6.07, 6.45) is 6.11. The molecule has 3 nitrogen and oxygen atoms in total. The maximum atomic E-state index is 4.25. The van der Waals surface area contributed by atoms with E-state index in [1.807, 2.05) is 12.5 Å². The molecule has 1 aromatic heterocycles. The lowest BCUT2D eigenvalue weighted by atomic mass is 10.0. The molecule has 0 aliphatic rings. The second-order valence-electron chi connectivity index (χ2n) is 5.33. The molecule has 1 atom stereocenters. The minimum atomic E-state index is 0.403. The molecule has 108 valence electrons. The zero-order chi connectivity index (χ0) is 14.4. The van der Waals surface area contributed by atoms with Crippen LogP contribution < -0.4 is 5.32 Å². The normalized spacial score (nSPS) is 12.6. The zero-order valence-electron chi connectivity index (χ0n) is 12.8. The van der Waals surface area contributed by atoms with Crippen molar-refractivity contribution in [3.05, 3.63) is 53.6 Å². The first-order valence-corrected chi connectivity index (χ1v) is 7.53. The summed E-state index contributed by atoms with van der Waals surface area (Å²) < 4.78 is 2.23. The highest BCUT2D eigenvalue weighted by atomic mass is 15.1. The molecule has 0 bridgehead atoms. The maximum Gasteiger partial charge on any atom is 0.0948 e. The molecule has 0 saturated heterocycles. The zero-order valence-corrected chi connectivity index (χ0v) is 12.8. The van der Waals surface area contributed by atoms with E-state index in [4.69, 9.17) is 0 Å². The second-order valence-corrected chi connectivity index (χ2v) is 5.33. The van der Waals surface area contributed by atoms with E-state index in [0.717, 1.165) is 25.9 Å². The van der Waals surface area contributed by atoms with Gasteiger partial charge in [-0.2, -0.15) is 0 Å². The fourth-order valence-corrected chi connectivity index (χ4v) is 2.46. The van der Waals surface area contributed by atoms with Gasteiger partial charge in [-0.25, -0.2) is 4.98 Å². The Morgan fingerprint density at radius 3 is 2.60 bits per heavy atom. The van der Waals surface area contributed by atoms with Gasteiger partial charge < -0.3 is 9.88 Å². The van der Waals surface area contributed by atoms with E-state index in [1.54, 1.807) is 0 Å². The Labute approximate surface area is 122 Å². The third-order valence-corrected chi connectivity index (χ3v) is 3.68. The van der Waals surface area contributed by atoms with E-state index in [-0.39, 0.29) is 0 Å². The molecule has 0 fully saturated rings. The van der Waals surface area contributed by atoms with E-state index in [0.29, 0.717) is 6.04 Å². The number of benzene rings is 1. The first kappa shape index (κ1) is 14.8. The van der Waals surface area contributed by atoms with Gasteiger partial charge in [0.15, 0.2) is 0 Å². The molecular weight excluding hydrogens is 246 g/mol. The highest BCUT2D eigenvalue weighted by molar-refractivity contribution is 5.24. The number of nitrogens with zero attached hydrogens (tertiary/aromatic N) is 2. The smallest absolute Gasteiger partial charge is 0.0948 e. The number of nitrogens with one attached hydrogen (secondary N) is 1. The summed E-state index contributed by atoms with van der Waals surface area (Å²) in [6.45, 7) is 8.45. The van der Waals surface area contributed by atoms with Gasteiger partial charge in [-0.3, -0.25) is 0 Å². The Morgan fingerprint density at radius 1 is 1.20 bits per heavy atom. The molecule has 3 heteroatoms. The molecule has 0 spiro atoms. The average molecular weight is 271 g/mol. The van der Waals surface area contributed by atoms with Gasteiger partial charge >= 0.3 is 0 Å². The highest BCUT2D eigenvalue weighted by Crippen LogP contribution is 2.17. The molecule has 0 amide bonds. The van der Waals surface area contributed by atoms with E-state index >= 15 is 0 Å². The number of hydrogen-bond donors (Lipinski definition) is 1. The lowest BCUT2D eigenvalue weighted by molar-refractivity contribution is 0.500. The van der Waals surface area contributed by atoms with E-state index in [2.05, 4.69) is 59.9 Å². The van der Waals surface area contributed by atoms with Crippen LogP contribution in [0.4, 0.5) is 0 Å². The fraction of sp³-hybridized carbons (Fsp3) is 0.471. The van der Waals surface area contributed by atoms with Crippen LogP contribution in [-0.4, -0.2) is 9.55 Å². The molecule has 2 rings (SSSR count). The minimum Gasteiger partial charge on any atom is -0.333 e. The third-order valence-electron chi connectivity index (χ3n) is 3.68. The van der Waals surface area contributed by atoms with E-state index in [9.17, 15) is 0 Å². The average Bonchev–Trinajstić information content (AvgIpc) is 2.89. The van der Waals surface area contributed by atoms with Crippen molar-refractivity contribution in [1.82, 2.24) is 14.9 Å². The molecule has 1 aromatic carbocycles. The SMILES string of the molecule is CCCn1cncc1CNC(CC)c1ccc(C)cc1. The molecular formula is C17H25N3. The largest absolute Gasteiger partial charge is 0.333 e. The van der Waals surface area contributed by atoms with E-state index in [1.165, 1.54) is 16.8 Å². The van der Waals surface area contributed by atoms with Crippen molar-refractivity contribution in [3.8, 4) is 0 Å². The van der Waals surface area contributed by atoms with Crippen molar-refractivity contribution >= 4 is 0 Å². The van der Waals surface area contributed by atoms with Crippen molar-refractivity contribution in [2.75, 3.05) is 0 Å². The van der Waals surface area contributed by atoms with Gasteiger partial charge in [-0.05, 0) is 25.3 Å². The molecule has 0 radical (unpaired) electrons. The monoisotopic (exact) mass is 271 g/mol. The number of rotatable bonds is 7. The van der Waals surface area contributed by atoms with Crippen molar-refractivity contribution in [2.24, 2.45) is 0 Å². The predicted molar refractivity (Wildman–Crippen MR) is 83.6 cm³/mol. The Kier molecular flexibility index (Phi) is 5.36. The van der Waals surface area contributed by atoms with Crippen molar-refractivity contribution in [1.29, 1.82) is 0 Å². The summed E-state index contributed by atoms with van der Waals surface area (Å²) in [5.74, 6) is 0. The van der Waals surface area contributed by atoms with Crippen LogP contribution in [0.5, 0.6) is 0 Å². The van der Waals surface area contributed by atoms with Crippen LogP contribution in [0, 0.1) is 6.92 Å². The second kappa shape index (κ2) is 7.25. The van der Waals surface area contributed by atoms with Crippen LogP contribution in [0.25, 0.3) is 0 Å². The van der Waals surface area contributed by atoms with Gasteiger partial charge in [0, 0.05) is 25.3 Å². The van der Waals surface area contributed by atoms with E-state index < -0.39 is 0 Å². The number of hydrogen-bond acceptors (Lipinski definition) is 2. The van der Waals surface area contributed by atoms with Crippen molar-refractivity contribution in [2.45, 2.75) is 52.7 Å². The lowest BCUT2D eigenvalue weighted by Crippen LogP contribution is -2.21. The van der Waals surface area contributed by atoms with Crippen LogP contribution in [0.1, 0.15) is 49.6 Å². The summed E-state index contributed by atoms with van der Waals surface area (Å²) in [4.78, 5) is 4.25. The van der Waals surface area contributed by atoms with Crippen molar-refractivity contribution in [3.63, 3.8) is 0 Å². The summed E-state index contributed by atoms with van der Waals surface area (Å²) in [7, 11) is 0. The maximum absolute atomic E-state index is 4.25. The molecule has 1 N–H and O–H groups in total. The Hall–Kier alpha value is -1.61. The molecule has 0 aliphatic heterocycles. The Balaban J connectivity index is 2.00. The van der Waals surface area contributed by atoms with Gasteiger partial charge in [-0.15, -0.1) is 0 Å². The van der Waals surface area contributed by atoms with Crippen molar-refractivity contribution < 1.29 is 0 Å². The van der Waals surface area contributed by atoms with Gasteiger partial charge in [-0.1, -0.05) is 43.7 Å². The third kappa shape index (κ3) is 3.70. The fourth-order valence-electron chi connectivity index (χ4n) is 2.46. The van der Waals surface area contributed by atoms with Crippen LogP contribution in [0.3, 0.4) is 0 Å². The summed E-state index contributed by atoms with van der Waals surface area (Å²) in [5, 5.41) is 3.65. The van der Waals surface area contributed by atoms with Crippen LogP contribution in [0.2, 0.25) is 0 Å². The summed E-state index contributed by atoms with van der Waals surface area (Å²) in [6, 6.07) is 9.21. The van der Waals surface area contributed by atoms with Gasteiger partial charge in [0.05, 0.1) is 12.0 Å². The number of imidazole rings is 1. The molecule has 20 heavy (non-hydrogen) atoms. The lowest BCUT2D eigenvalue weighted by Gasteiger charge is -2.18. The van der Waals surface area contributed by atoms with Crippen LogP contribution in [-0.2, 0) is 13.1 Å². The Bertz CT molecular complexity index is 513. The number of aromatic nitrogens is 2. The minimum absolute atomic E-state index is 0.403. The molecule has 0 saturated carbocycles. The Morgan fingerprint density at radius 2 is 1.95 bits per heavy atom. The van der Waals surface area contributed by atoms with Crippen LogP contribution in [0.15, 0.2) is 36.8 Å². The predicted octanol–water partition coefficient (Wildman–Crippen LogP) is 3.84. The standard InChI is InChI=1S/C17H25N3/c1-4-10-20-13-18-11-16(20)12-19-17(5-2)15-8-6-14(3)7-9-15/h6-9,11,13,17,19H,4-5,10,12H2,1-3H3. The summed E-state index contributed by atoms with van der Waals surface area (Å²) >= 11 is 0. The van der Waals surface area contributed by atoms with Gasteiger partial charge in [0.1, 0.15) is 0 Å². The summed E-state index contributed by atoms with van der Waals surface area (Å²) in [5.41, 5.74) is 3.93. The molecule has 0 aliphatic carbocycles. The quantitative estimate of drug-likeness (QED) is 0.829. The number of aryl methyl sites for hydroxylation is 2. The highest BCUT2D eigenvalue weighted by Gasteiger charge is 2.09. The van der Waals surface area contributed by atoms with Gasteiger partial charge in [0.2, 0.25) is 0 Å². The molecule has 1 unspecified atom stereocenters. The van der Waals surface area contributed by atoms with Crippen LogP contribution >= 0.6 is 0 Å². The molecule has 1 heterocycles. The van der Waals surface area contributed by atoms with Gasteiger partial charge in [0.25, 0.3) is 0 Å². The first-order chi connectivity index (χ1) is 9.74. The molecule has 2 aromatic rings. The first-order valence-electron chi connectivity index (χ1n) is 7.53. The topological polar surface area (TPSA) is 29.9 Å².